The summed E-state index contributed by atoms with van der Waals surface area (Å²) in [6.45, 7) is 1.82. The van der Waals surface area contributed by atoms with Crippen molar-refractivity contribution in [3.05, 3.63) is 0 Å². The maximum atomic E-state index is 5.21. The van der Waals surface area contributed by atoms with E-state index in [2.05, 4.69) is 0 Å². The molecule has 0 amide bonds. The lowest BCUT2D eigenvalue weighted by molar-refractivity contribution is 0.424. The largest absolute Gasteiger partial charge is 0.372 e. The van der Waals surface area contributed by atoms with Gasteiger partial charge in [-0.15, -0.1) is 0 Å². The van der Waals surface area contributed by atoms with Crippen LogP contribution in [0.2, 0.25) is 0 Å². The fourth-order valence-corrected chi connectivity index (χ4v) is 1.97. The Morgan fingerprint density at radius 2 is 1.50 bits per heavy atom. The molecule has 0 aromatic heterocycles. The highest BCUT2D eigenvalue weighted by Crippen LogP contribution is 2.41. The summed E-state index contributed by atoms with van der Waals surface area (Å²) < 4.78 is 15.2. The summed E-state index contributed by atoms with van der Waals surface area (Å²) in [5.41, 5.74) is 0. The Hall–Kier alpha value is 1.28. The SMILES string of the molecule is C1OC1CSOSCC1CO1.C1SS1. The van der Waals surface area contributed by atoms with Crippen LogP contribution in [0.15, 0.2) is 0 Å². The van der Waals surface area contributed by atoms with E-state index in [0.29, 0.717) is 12.2 Å². The van der Waals surface area contributed by atoms with Gasteiger partial charge in [-0.1, -0.05) is 21.6 Å². The second-order valence-corrected chi connectivity index (χ2v) is 7.41. The molecule has 3 nitrogen and oxygen atoms in total. The van der Waals surface area contributed by atoms with E-state index in [0.717, 1.165) is 24.7 Å². The summed E-state index contributed by atoms with van der Waals surface area (Å²) in [7, 11) is 3.83. The molecule has 0 radical (unpaired) electrons. The maximum Gasteiger partial charge on any atom is 0.0922 e. The molecule has 0 aromatic carbocycles. The molecule has 3 heterocycles. The Kier molecular flexibility index (Phi) is 5.69. The fraction of sp³-hybridized carbons (Fsp3) is 1.00. The molecule has 0 spiro atoms. The van der Waals surface area contributed by atoms with Crippen molar-refractivity contribution in [1.29, 1.82) is 0 Å². The van der Waals surface area contributed by atoms with E-state index in [4.69, 9.17) is 13.1 Å². The van der Waals surface area contributed by atoms with Crippen molar-refractivity contribution in [3.63, 3.8) is 0 Å². The number of ether oxygens (including phenoxy) is 2. The molecule has 3 aliphatic heterocycles. The minimum absolute atomic E-state index is 0.456. The first-order valence-corrected chi connectivity index (χ1v) is 8.65. The van der Waals surface area contributed by atoms with Gasteiger partial charge in [0.15, 0.2) is 0 Å². The zero-order valence-corrected chi connectivity index (χ0v) is 10.8. The molecule has 0 bridgehead atoms. The van der Waals surface area contributed by atoms with Crippen LogP contribution in [0.1, 0.15) is 0 Å². The maximum absolute atomic E-state index is 5.21. The number of hydrogen-bond donors (Lipinski definition) is 0. The van der Waals surface area contributed by atoms with Gasteiger partial charge >= 0.3 is 0 Å². The molecule has 3 fully saturated rings. The summed E-state index contributed by atoms with van der Waals surface area (Å²) >= 11 is 2.95. The van der Waals surface area contributed by atoms with Crippen molar-refractivity contribution >= 4 is 45.7 Å². The smallest absolute Gasteiger partial charge is 0.0922 e. The lowest BCUT2D eigenvalue weighted by Gasteiger charge is -1.96. The average Bonchev–Trinajstić information content (AvgIpc) is 2.98. The van der Waals surface area contributed by atoms with Crippen LogP contribution < -0.4 is 0 Å². The molecular formula is C7H12O3S4. The van der Waals surface area contributed by atoms with Crippen LogP contribution in [0.4, 0.5) is 0 Å². The number of epoxide rings is 2. The molecule has 0 saturated carbocycles. The highest BCUT2D eigenvalue weighted by atomic mass is 33.2. The van der Waals surface area contributed by atoms with Gasteiger partial charge in [0.05, 0.1) is 30.5 Å². The quantitative estimate of drug-likeness (QED) is 0.318. The molecule has 0 aromatic rings. The van der Waals surface area contributed by atoms with Gasteiger partial charge in [-0.3, -0.25) is 0 Å². The zero-order valence-electron chi connectivity index (χ0n) is 7.55. The van der Waals surface area contributed by atoms with Crippen LogP contribution in [0.25, 0.3) is 0 Å². The molecule has 0 aliphatic carbocycles. The van der Waals surface area contributed by atoms with E-state index in [9.17, 15) is 0 Å². The van der Waals surface area contributed by atoms with E-state index in [1.165, 1.54) is 29.2 Å². The van der Waals surface area contributed by atoms with Crippen molar-refractivity contribution in [2.45, 2.75) is 12.2 Å². The van der Waals surface area contributed by atoms with E-state index >= 15 is 0 Å². The predicted molar refractivity (Wildman–Crippen MR) is 65.5 cm³/mol. The molecular weight excluding hydrogens is 260 g/mol. The molecule has 82 valence electrons. The Morgan fingerprint density at radius 3 is 1.79 bits per heavy atom. The Balaban J connectivity index is 0.000000214. The van der Waals surface area contributed by atoms with Gasteiger partial charge in [-0.25, -0.2) is 3.63 Å². The standard InChI is InChI=1S/C6H10O3S2.CH2S2/c1-5(7-1)3-10-9-11-4-6-2-8-6;1-2-3-1/h5-6H,1-4H2;1H2. The third-order valence-corrected chi connectivity index (χ3v) is 4.26. The second kappa shape index (κ2) is 6.78. The van der Waals surface area contributed by atoms with Crippen LogP contribution >= 0.6 is 45.7 Å². The van der Waals surface area contributed by atoms with Gasteiger partial charge in [0.25, 0.3) is 0 Å². The van der Waals surface area contributed by atoms with Crippen molar-refractivity contribution in [2.24, 2.45) is 0 Å². The first-order chi connectivity index (χ1) is 6.95. The molecule has 0 N–H and O–H groups in total. The van der Waals surface area contributed by atoms with Crippen LogP contribution in [0.3, 0.4) is 0 Å². The monoisotopic (exact) mass is 272 g/mol. The van der Waals surface area contributed by atoms with Gasteiger partial charge < -0.3 is 9.47 Å². The summed E-state index contributed by atoms with van der Waals surface area (Å²) in [5, 5.41) is 1.33. The molecule has 3 saturated heterocycles. The normalized spacial score (nSPS) is 31.7. The molecule has 14 heavy (non-hydrogen) atoms. The van der Waals surface area contributed by atoms with Crippen LogP contribution in [0.5, 0.6) is 0 Å². The van der Waals surface area contributed by atoms with Gasteiger partial charge in [0.2, 0.25) is 0 Å². The van der Waals surface area contributed by atoms with Crippen LogP contribution in [0, 0.1) is 0 Å². The van der Waals surface area contributed by atoms with E-state index < -0.39 is 0 Å². The minimum Gasteiger partial charge on any atom is -0.372 e. The highest BCUT2D eigenvalue weighted by Gasteiger charge is 2.24. The van der Waals surface area contributed by atoms with Crippen LogP contribution in [-0.2, 0) is 13.1 Å². The summed E-state index contributed by atoms with van der Waals surface area (Å²) in [6, 6.07) is 0. The first-order valence-electron chi connectivity index (χ1n) is 4.34. The highest BCUT2D eigenvalue weighted by molar-refractivity contribution is 8.92. The van der Waals surface area contributed by atoms with Crippen molar-refractivity contribution in [3.8, 4) is 0 Å². The van der Waals surface area contributed by atoms with Crippen LogP contribution in [-0.4, -0.2) is 42.0 Å². The number of hydrogen-bond acceptors (Lipinski definition) is 7. The molecule has 2 atom stereocenters. The first kappa shape index (κ1) is 11.8. The van der Waals surface area contributed by atoms with E-state index in [1.807, 2.05) is 21.6 Å². The third kappa shape index (κ3) is 7.56. The Labute approximate surface area is 101 Å². The van der Waals surface area contributed by atoms with Crippen molar-refractivity contribution in [2.75, 3.05) is 29.8 Å². The van der Waals surface area contributed by atoms with Gasteiger partial charge in [0, 0.05) is 35.6 Å². The summed E-state index contributed by atoms with van der Waals surface area (Å²) in [4.78, 5) is 0. The minimum atomic E-state index is 0.456. The third-order valence-electron chi connectivity index (χ3n) is 1.53. The molecule has 3 rings (SSSR count). The Bertz CT molecular complexity index is 144. The molecule has 7 heteroatoms. The van der Waals surface area contributed by atoms with E-state index in [-0.39, 0.29) is 0 Å². The van der Waals surface area contributed by atoms with Crippen molar-refractivity contribution < 1.29 is 13.1 Å². The summed E-state index contributed by atoms with van der Waals surface area (Å²) in [6.07, 6.45) is 0.913. The fourth-order valence-electron chi connectivity index (χ4n) is 0.570. The van der Waals surface area contributed by atoms with E-state index in [1.54, 1.807) is 0 Å². The van der Waals surface area contributed by atoms with Gasteiger partial charge in [-0.05, 0) is 0 Å². The zero-order chi connectivity index (χ0) is 9.64. The second-order valence-electron chi connectivity index (χ2n) is 2.90. The summed E-state index contributed by atoms with van der Waals surface area (Å²) in [5.74, 6) is 1.91. The van der Waals surface area contributed by atoms with Gasteiger partial charge in [0.1, 0.15) is 0 Å². The number of rotatable bonds is 6. The topological polar surface area (TPSA) is 34.3 Å². The lowest BCUT2D eigenvalue weighted by atomic mass is 10.6. The average molecular weight is 272 g/mol. The van der Waals surface area contributed by atoms with Crippen molar-refractivity contribution in [1.82, 2.24) is 0 Å². The predicted octanol–water partition coefficient (Wildman–Crippen LogP) is 2.44. The van der Waals surface area contributed by atoms with Gasteiger partial charge in [-0.2, -0.15) is 0 Å². The molecule has 2 unspecified atom stereocenters. The Morgan fingerprint density at radius 1 is 1.07 bits per heavy atom. The lowest BCUT2D eigenvalue weighted by Crippen LogP contribution is -1.91. The molecule has 3 aliphatic rings.